The number of azo groups is 1. The van der Waals surface area contributed by atoms with E-state index in [1.54, 1.807) is 0 Å². The van der Waals surface area contributed by atoms with Crippen LogP contribution in [-0.2, 0) is 0 Å². The van der Waals surface area contributed by atoms with Crippen LogP contribution in [0.25, 0.3) is 0 Å². The van der Waals surface area contributed by atoms with Gasteiger partial charge in [0.25, 0.3) is 0 Å². The fourth-order valence-corrected chi connectivity index (χ4v) is 2.01. The van der Waals surface area contributed by atoms with Crippen LogP contribution in [0.4, 0.5) is 5.69 Å². The van der Waals surface area contributed by atoms with Gasteiger partial charge in [-0.15, -0.1) is 0 Å². The molecule has 0 aliphatic heterocycles. The standard InChI is InChI=1S/C12H11AsN2/c1-13-10-6-8-12(9-7-10)15-14-11-4-2-3-5-11/h2-4,6-9H,1,5H2. The van der Waals surface area contributed by atoms with E-state index >= 15 is 0 Å². The van der Waals surface area contributed by atoms with Crippen LogP contribution in [0.3, 0.4) is 0 Å². The van der Waals surface area contributed by atoms with Gasteiger partial charge in [-0.1, -0.05) is 0 Å². The molecule has 1 aromatic carbocycles. The van der Waals surface area contributed by atoms with Gasteiger partial charge in [0, 0.05) is 0 Å². The van der Waals surface area contributed by atoms with E-state index in [9.17, 15) is 0 Å². The molecule has 74 valence electrons. The van der Waals surface area contributed by atoms with E-state index in [0.29, 0.717) is 0 Å². The van der Waals surface area contributed by atoms with Gasteiger partial charge in [-0.2, -0.15) is 0 Å². The van der Waals surface area contributed by atoms with Crippen LogP contribution in [0.2, 0.25) is 0 Å². The van der Waals surface area contributed by atoms with E-state index < -0.39 is 0 Å². The van der Waals surface area contributed by atoms with Crippen molar-refractivity contribution in [1.29, 1.82) is 0 Å². The number of allylic oxidation sites excluding steroid dienone is 3. The summed E-state index contributed by atoms with van der Waals surface area (Å²) in [4.78, 5) is 0. The Hall–Kier alpha value is -1.27. The molecule has 3 heteroatoms. The van der Waals surface area contributed by atoms with Gasteiger partial charge < -0.3 is 0 Å². The zero-order valence-corrected chi connectivity index (χ0v) is 10.2. The molecule has 0 radical (unpaired) electrons. The second-order valence-corrected chi connectivity index (χ2v) is 4.91. The molecular formula is C12H11AsN2. The van der Waals surface area contributed by atoms with Gasteiger partial charge in [-0.25, -0.2) is 0 Å². The van der Waals surface area contributed by atoms with Gasteiger partial charge >= 0.3 is 95.5 Å². The first-order chi connectivity index (χ1) is 7.38. The summed E-state index contributed by atoms with van der Waals surface area (Å²) in [6.45, 7) is 0. The Kier molecular flexibility index (Phi) is 3.41. The number of rotatable bonds is 3. The monoisotopic (exact) mass is 258 g/mol. The number of nitrogens with zero attached hydrogens (tertiary/aromatic N) is 2. The molecule has 1 aliphatic rings. The zero-order valence-electron chi connectivity index (χ0n) is 8.30. The van der Waals surface area contributed by atoms with Crippen molar-refractivity contribution >= 4 is 30.7 Å². The van der Waals surface area contributed by atoms with Crippen LogP contribution in [0.15, 0.2) is 58.4 Å². The summed E-state index contributed by atoms with van der Waals surface area (Å²) in [6, 6.07) is 8.12. The summed E-state index contributed by atoms with van der Waals surface area (Å²) in [5.41, 5.74) is 1.92. The predicted molar refractivity (Wildman–Crippen MR) is 65.3 cm³/mol. The Morgan fingerprint density at radius 2 is 1.93 bits per heavy atom. The molecule has 15 heavy (non-hydrogen) atoms. The maximum absolute atomic E-state index is 4.17. The molecule has 0 aromatic heterocycles. The van der Waals surface area contributed by atoms with Crippen molar-refractivity contribution in [3.63, 3.8) is 0 Å². The maximum atomic E-state index is 4.17. The minimum atomic E-state index is 0.0636. The third kappa shape index (κ3) is 2.84. The predicted octanol–water partition coefficient (Wildman–Crippen LogP) is 2.38. The summed E-state index contributed by atoms with van der Waals surface area (Å²) < 4.78 is 1.31. The van der Waals surface area contributed by atoms with E-state index in [1.165, 1.54) is 4.35 Å². The van der Waals surface area contributed by atoms with Crippen molar-refractivity contribution in [3.05, 3.63) is 48.2 Å². The van der Waals surface area contributed by atoms with E-state index in [2.05, 4.69) is 33.7 Å². The first kappa shape index (κ1) is 10.3. The van der Waals surface area contributed by atoms with Gasteiger partial charge in [0.15, 0.2) is 0 Å². The van der Waals surface area contributed by atoms with Crippen LogP contribution in [0.1, 0.15) is 6.42 Å². The first-order valence-electron chi connectivity index (χ1n) is 4.73. The molecule has 0 N–H and O–H groups in total. The Bertz CT molecular complexity index is 441. The summed E-state index contributed by atoms with van der Waals surface area (Å²) in [7, 11) is 0. The van der Waals surface area contributed by atoms with E-state index in [4.69, 9.17) is 0 Å². The SMILES string of the molecule is C=[As]c1ccc(N=NC2=CC=CC2)cc1. The summed E-state index contributed by atoms with van der Waals surface area (Å²) >= 11 is 0.0636. The van der Waals surface area contributed by atoms with Crippen molar-refractivity contribution in [3.8, 4) is 0 Å². The molecule has 0 amide bonds. The number of hydrogen-bond donors (Lipinski definition) is 0. The van der Waals surface area contributed by atoms with Crippen LogP contribution in [0.5, 0.6) is 0 Å². The molecule has 0 bridgehead atoms. The fraction of sp³-hybridized carbons (Fsp3) is 0.0833. The first-order valence-corrected chi connectivity index (χ1v) is 6.99. The minimum absolute atomic E-state index is 0.0636. The summed E-state index contributed by atoms with van der Waals surface area (Å²) in [6.07, 6.45) is 6.96. The van der Waals surface area contributed by atoms with Gasteiger partial charge in [0.2, 0.25) is 0 Å². The van der Waals surface area contributed by atoms with Crippen molar-refractivity contribution in [2.45, 2.75) is 6.42 Å². The quantitative estimate of drug-likeness (QED) is 0.587. The molecule has 2 nitrogen and oxygen atoms in total. The molecule has 0 saturated heterocycles. The Balaban J connectivity index is 2.07. The van der Waals surface area contributed by atoms with E-state index in [0.717, 1.165) is 17.8 Å². The topological polar surface area (TPSA) is 24.7 Å². The van der Waals surface area contributed by atoms with Crippen LogP contribution < -0.4 is 4.35 Å². The van der Waals surface area contributed by atoms with Crippen LogP contribution in [0, 0.1) is 0 Å². The van der Waals surface area contributed by atoms with Crippen molar-refractivity contribution in [1.82, 2.24) is 0 Å². The van der Waals surface area contributed by atoms with Crippen molar-refractivity contribution < 1.29 is 0 Å². The average molecular weight is 258 g/mol. The molecule has 1 aliphatic carbocycles. The summed E-state index contributed by atoms with van der Waals surface area (Å²) in [5, 5.41) is 12.3. The van der Waals surface area contributed by atoms with Gasteiger partial charge in [-0.3, -0.25) is 0 Å². The Morgan fingerprint density at radius 3 is 2.53 bits per heavy atom. The number of benzene rings is 1. The van der Waals surface area contributed by atoms with Gasteiger partial charge in [0.05, 0.1) is 0 Å². The van der Waals surface area contributed by atoms with E-state index in [1.807, 2.05) is 24.3 Å². The Labute approximate surface area is 95.6 Å². The van der Waals surface area contributed by atoms with Gasteiger partial charge in [0.1, 0.15) is 0 Å². The molecule has 1 aromatic rings. The molecule has 0 heterocycles. The fourth-order valence-electron chi connectivity index (χ4n) is 1.26. The zero-order chi connectivity index (χ0) is 10.5. The molecule has 0 fully saturated rings. The number of hydrogen-bond acceptors (Lipinski definition) is 2. The van der Waals surface area contributed by atoms with Crippen LogP contribution in [-0.4, -0.2) is 20.6 Å². The summed E-state index contributed by atoms with van der Waals surface area (Å²) in [5.74, 6) is 0. The second kappa shape index (κ2) is 4.99. The third-order valence-corrected chi connectivity index (χ3v) is 3.47. The van der Waals surface area contributed by atoms with Crippen molar-refractivity contribution in [2.24, 2.45) is 10.2 Å². The van der Waals surface area contributed by atoms with E-state index in [-0.39, 0.29) is 15.3 Å². The second-order valence-electron chi connectivity index (χ2n) is 3.16. The van der Waals surface area contributed by atoms with Crippen LogP contribution >= 0.6 is 0 Å². The van der Waals surface area contributed by atoms with Crippen molar-refractivity contribution in [2.75, 3.05) is 0 Å². The molecule has 0 atom stereocenters. The molecule has 0 spiro atoms. The molecule has 0 unspecified atom stereocenters. The normalized spacial score (nSPS) is 15.1. The molecule has 2 rings (SSSR count). The average Bonchev–Trinajstić information content (AvgIpc) is 2.80. The molecular weight excluding hydrogens is 247 g/mol. The molecule has 0 saturated carbocycles. The Morgan fingerprint density at radius 1 is 1.13 bits per heavy atom. The van der Waals surface area contributed by atoms with Gasteiger partial charge in [-0.05, 0) is 0 Å². The third-order valence-electron chi connectivity index (χ3n) is 2.08.